The van der Waals surface area contributed by atoms with Gasteiger partial charge in [-0.15, -0.1) is 0 Å². The van der Waals surface area contributed by atoms with E-state index >= 15 is 0 Å². The number of carboxylic acids is 1. The van der Waals surface area contributed by atoms with Crippen LogP contribution in [0.1, 0.15) is 18.7 Å². The van der Waals surface area contributed by atoms with Crippen molar-refractivity contribution in [1.29, 1.82) is 0 Å². The van der Waals surface area contributed by atoms with E-state index in [1.807, 2.05) is 0 Å². The van der Waals surface area contributed by atoms with E-state index in [0.717, 1.165) is 11.9 Å². The van der Waals surface area contributed by atoms with Crippen molar-refractivity contribution in [2.45, 2.75) is 26.1 Å². The first-order valence-corrected chi connectivity index (χ1v) is 7.75. The lowest BCUT2D eigenvalue weighted by Gasteiger charge is -2.37. The number of carboxylic acid groups (broad SMARTS) is 1. The Morgan fingerprint density at radius 3 is 2.71 bits per heavy atom. The summed E-state index contributed by atoms with van der Waals surface area (Å²) in [6.07, 6.45) is -1.28. The molecule has 0 aromatic carbocycles. The summed E-state index contributed by atoms with van der Waals surface area (Å²) in [5.41, 5.74) is 0.790. The molecule has 2 aliphatic heterocycles. The molecule has 3 heterocycles. The van der Waals surface area contributed by atoms with E-state index in [2.05, 4.69) is 9.37 Å². The molecule has 1 N–H and O–H groups in total. The highest BCUT2D eigenvalue weighted by atomic mass is 32.1. The normalized spacial score (nSPS) is 20.0. The number of carbonyl (C=O) groups is 1. The zero-order valence-corrected chi connectivity index (χ0v) is 13.5. The number of nitrogens with zero attached hydrogens (tertiary/aromatic N) is 4. The van der Waals surface area contributed by atoms with Crippen molar-refractivity contribution in [2.75, 3.05) is 6.54 Å². The highest BCUT2D eigenvalue weighted by Gasteiger charge is 2.48. The predicted molar refractivity (Wildman–Crippen MR) is 81.1 cm³/mol. The van der Waals surface area contributed by atoms with E-state index in [1.54, 1.807) is 25.3 Å². The number of hydrogen-bond donors (Lipinski definition) is 1. The summed E-state index contributed by atoms with van der Waals surface area (Å²) in [5.74, 6) is -1.27. The lowest BCUT2D eigenvalue weighted by Crippen LogP contribution is -2.50. The Balaban J connectivity index is 2.06. The Morgan fingerprint density at radius 2 is 2.17 bits per heavy atom. The number of aliphatic carboxylic acids is 1. The maximum absolute atomic E-state index is 13.1. The van der Waals surface area contributed by atoms with E-state index in [0.29, 0.717) is 16.3 Å². The minimum absolute atomic E-state index is 0.0157. The number of allylic oxidation sites excluding steroid dienone is 2. The number of aromatic nitrogens is 1. The Morgan fingerprint density at radius 1 is 1.46 bits per heavy atom. The monoisotopic (exact) mass is 358 g/mol. The molecule has 0 fully saturated rings. The third kappa shape index (κ3) is 2.71. The zero-order chi connectivity index (χ0) is 17.6. The fraction of sp³-hybridized carbons (Fsp3) is 0.357. The Hall–Kier alpha value is -2.20. The SMILES string of the molecule is CC1=CC(c2ccns2)=NC2=C(C(=O)O)CN(C(C)C(F)(F)F)N12. The van der Waals surface area contributed by atoms with E-state index in [1.165, 1.54) is 16.5 Å². The van der Waals surface area contributed by atoms with E-state index in [9.17, 15) is 23.1 Å². The molecule has 10 heteroatoms. The van der Waals surface area contributed by atoms with Crippen LogP contribution in [0.4, 0.5) is 13.2 Å². The fourth-order valence-corrected chi connectivity index (χ4v) is 3.11. The van der Waals surface area contributed by atoms with Gasteiger partial charge in [0.25, 0.3) is 0 Å². The van der Waals surface area contributed by atoms with Gasteiger partial charge in [0, 0.05) is 11.9 Å². The highest BCUT2D eigenvalue weighted by Crippen LogP contribution is 2.37. The van der Waals surface area contributed by atoms with Crippen LogP contribution in [0.5, 0.6) is 0 Å². The molecule has 0 saturated carbocycles. The van der Waals surface area contributed by atoms with Crippen molar-refractivity contribution >= 4 is 23.2 Å². The number of halogens is 3. The van der Waals surface area contributed by atoms with Gasteiger partial charge in [-0.2, -0.15) is 18.2 Å². The first kappa shape index (κ1) is 16.7. The lowest BCUT2D eigenvalue weighted by atomic mass is 10.2. The summed E-state index contributed by atoms with van der Waals surface area (Å²) >= 11 is 1.18. The van der Waals surface area contributed by atoms with E-state index < -0.39 is 18.2 Å². The molecule has 6 nitrogen and oxygen atoms in total. The molecule has 128 valence electrons. The van der Waals surface area contributed by atoms with Crippen LogP contribution in [0.25, 0.3) is 0 Å². The van der Waals surface area contributed by atoms with Crippen molar-refractivity contribution in [2.24, 2.45) is 4.99 Å². The van der Waals surface area contributed by atoms with Gasteiger partial charge < -0.3 is 5.11 Å². The maximum Gasteiger partial charge on any atom is 0.405 e. The van der Waals surface area contributed by atoms with Crippen LogP contribution in [0, 0.1) is 0 Å². The summed E-state index contributed by atoms with van der Waals surface area (Å²) in [6, 6.07) is -0.123. The molecule has 24 heavy (non-hydrogen) atoms. The van der Waals surface area contributed by atoms with Crippen molar-refractivity contribution in [3.63, 3.8) is 0 Å². The summed E-state index contributed by atoms with van der Waals surface area (Å²) in [4.78, 5) is 16.5. The van der Waals surface area contributed by atoms with Gasteiger partial charge in [0.2, 0.25) is 0 Å². The maximum atomic E-state index is 13.1. The van der Waals surface area contributed by atoms with Crippen LogP contribution < -0.4 is 0 Å². The molecule has 1 atom stereocenters. The molecule has 0 saturated heterocycles. The Labute approximate surface area is 139 Å². The zero-order valence-electron chi connectivity index (χ0n) is 12.7. The fourth-order valence-electron chi connectivity index (χ4n) is 2.56. The second-order valence-corrected chi connectivity index (χ2v) is 6.23. The molecule has 2 aliphatic rings. The molecule has 0 amide bonds. The van der Waals surface area contributed by atoms with Crippen LogP contribution >= 0.6 is 11.5 Å². The topological polar surface area (TPSA) is 69.0 Å². The van der Waals surface area contributed by atoms with Crippen LogP contribution in [-0.4, -0.2) is 49.9 Å². The molecular weight excluding hydrogens is 345 g/mol. The first-order valence-electron chi connectivity index (χ1n) is 6.98. The number of hydrazine groups is 1. The number of fused-ring (bicyclic) bond motifs is 1. The highest BCUT2D eigenvalue weighted by molar-refractivity contribution is 7.08. The van der Waals surface area contributed by atoms with Crippen molar-refractivity contribution < 1.29 is 23.1 Å². The van der Waals surface area contributed by atoms with Gasteiger partial charge in [0.1, 0.15) is 6.04 Å². The van der Waals surface area contributed by atoms with E-state index in [4.69, 9.17) is 0 Å². The minimum atomic E-state index is -4.49. The molecule has 1 unspecified atom stereocenters. The molecule has 0 aliphatic carbocycles. The second kappa shape index (κ2) is 5.71. The first-order chi connectivity index (χ1) is 11.2. The largest absolute Gasteiger partial charge is 0.478 e. The van der Waals surface area contributed by atoms with Crippen LogP contribution in [0.3, 0.4) is 0 Å². The summed E-state index contributed by atoms with van der Waals surface area (Å²) in [5, 5.41) is 11.6. The van der Waals surface area contributed by atoms with Crippen LogP contribution in [0.2, 0.25) is 0 Å². The number of hydrogen-bond acceptors (Lipinski definition) is 6. The number of aliphatic imine (C=N–C) groups is 1. The van der Waals surface area contributed by atoms with Gasteiger partial charge in [0.05, 0.1) is 22.7 Å². The molecule has 3 rings (SSSR count). The molecule has 0 bridgehead atoms. The predicted octanol–water partition coefficient (Wildman–Crippen LogP) is 2.63. The van der Waals surface area contributed by atoms with Gasteiger partial charge in [-0.3, -0.25) is 5.01 Å². The van der Waals surface area contributed by atoms with Crippen LogP contribution in [0.15, 0.2) is 40.4 Å². The molecule has 0 radical (unpaired) electrons. The van der Waals surface area contributed by atoms with Crippen molar-refractivity contribution in [3.8, 4) is 0 Å². The minimum Gasteiger partial charge on any atom is -0.478 e. The standard InChI is InChI=1S/C14H13F3N4O2S/c1-7-5-10(11-3-4-18-24-11)19-12-9(13(22)23)6-20(21(7)12)8(2)14(15,16)17/h3-5,8H,6H2,1-2H3,(H,22,23). The van der Waals surface area contributed by atoms with Gasteiger partial charge in [-0.25, -0.2) is 14.2 Å². The van der Waals surface area contributed by atoms with Gasteiger partial charge in [0.15, 0.2) is 5.82 Å². The average Bonchev–Trinajstić information content (AvgIpc) is 3.13. The van der Waals surface area contributed by atoms with Crippen molar-refractivity contribution in [1.82, 2.24) is 14.4 Å². The third-order valence-corrected chi connectivity index (χ3v) is 4.59. The second-order valence-electron chi connectivity index (χ2n) is 5.39. The molecular formula is C14H13F3N4O2S. The van der Waals surface area contributed by atoms with E-state index in [-0.39, 0.29) is 17.9 Å². The number of alkyl halides is 3. The Kier molecular flexibility index (Phi) is 3.96. The smallest absolute Gasteiger partial charge is 0.405 e. The molecule has 0 spiro atoms. The molecule has 1 aromatic heterocycles. The summed E-state index contributed by atoms with van der Waals surface area (Å²) < 4.78 is 43.3. The van der Waals surface area contributed by atoms with Gasteiger partial charge in [-0.1, -0.05) is 0 Å². The Bertz CT molecular complexity index is 767. The molecule has 1 aromatic rings. The van der Waals surface area contributed by atoms with Gasteiger partial charge in [-0.05, 0) is 37.5 Å². The van der Waals surface area contributed by atoms with Crippen LogP contribution in [-0.2, 0) is 4.79 Å². The summed E-state index contributed by atoms with van der Waals surface area (Å²) in [7, 11) is 0. The summed E-state index contributed by atoms with van der Waals surface area (Å²) in [6.45, 7) is 2.25. The van der Waals surface area contributed by atoms with Gasteiger partial charge >= 0.3 is 12.1 Å². The van der Waals surface area contributed by atoms with Crippen molar-refractivity contribution in [3.05, 3.63) is 40.3 Å². The third-order valence-electron chi connectivity index (χ3n) is 3.82. The number of rotatable bonds is 3. The average molecular weight is 358 g/mol. The lowest BCUT2D eigenvalue weighted by molar-refractivity contribution is -0.201. The quantitative estimate of drug-likeness (QED) is 0.900.